The Labute approximate surface area is 73.4 Å². The maximum atomic E-state index is 10.1. The minimum atomic E-state index is -1.62. The highest BCUT2D eigenvalue weighted by Crippen LogP contribution is 2.28. The molecule has 0 aliphatic carbocycles. The molecular formula is C5H5Cl3O2. The van der Waals surface area contributed by atoms with Gasteiger partial charge in [0.05, 0.1) is 0 Å². The van der Waals surface area contributed by atoms with E-state index >= 15 is 0 Å². The number of halogens is 3. The quantitative estimate of drug-likeness (QED) is 0.525. The number of rotatable bonds is 1. The maximum absolute atomic E-state index is 10.1. The Balaban J connectivity index is 4.32. The molecule has 0 fully saturated rings. The Morgan fingerprint density at radius 1 is 1.50 bits per heavy atom. The number of carboxylic acids is 1. The molecule has 0 aliphatic heterocycles. The smallest absolute Gasteiger partial charge is 0.331 e. The summed E-state index contributed by atoms with van der Waals surface area (Å²) in [6.45, 7) is 1.35. The van der Waals surface area contributed by atoms with E-state index in [1.807, 2.05) is 0 Å². The Bertz CT molecular complexity index is 168. The number of allylic oxidation sites excluding steroid dienone is 1. The maximum Gasteiger partial charge on any atom is 0.331 e. The zero-order valence-corrected chi connectivity index (χ0v) is 7.33. The summed E-state index contributed by atoms with van der Waals surface area (Å²) in [6, 6.07) is 0. The number of carbonyl (C=O) groups is 1. The van der Waals surface area contributed by atoms with Gasteiger partial charge in [0.1, 0.15) is 0 Å². The molecule has 0 amide bonds. The Morgan fingerprint density at radius 2 is 1.90 bits per heavy atom. The summed E-state index contributed by atoms with van der Waals surface area (Å²) in [7, 11) is 0. The second kappa shape index (κ2) is 3.46. The molecule has 0 radical (unpaired) electrons. The van der Waals surface area contributed by atoms with E-state index in [-0.39, 0.29) is 5.57 Å². The van der Waals surface area contributed by atoms with E-state index < -0.39 is 9.76 Å². The molecule has 0 unspecified atom stereocenters. The monoisotopic (exact) mass is 202 g/mol. The minimum Gasteiger partial charge on any atom is -0.478 e. The van der Waals surface area contributed by atoms with Crippen molar-refractivity contribution in [3.8, 4) is 0 Å². The average molecular weight is 203 g/mol. The van der Waals surface area contributed by atoms with Crippen LogP contribution in [-0.2, 0) is 4.79 Å². The van der Waals surface area contributed by atoms with E-state index in [9.17, 15) is 4.79 Å². The van der Waals surface area contributed by atoms with Crippen molar-refractivity contribution in [3.63, 3.8) is 0 Å². The van der Waals surface area contributed by atoms with Gasteiger partial charge < -0.3 is 5.11 Å². The highest BCUT2D eigenvalue weighted by Gasteiger charge is 2.17. The molecule has 0 aliphatic rings. The Morgan fingerprint density at radius 3 is 2.00 bits per heavy atom. The predicted octanol–water partition coefficient (Wildman–Crippen LogP) is 2.39. The molecule has 0 saturated carbocycles. The van der Waals surface area contributed by atoms with Gasteiger partial charge in [-0.3, -0.25) is 0 Å². The second-order valence-electron chi connectivity index (χ2n) is 1.67. The van der Waals surface area contributed by atoms with Crippen LogP contribution in [0.3, 0.4) is 0 Å². The minimum absolute atomic E-state index is 0.0139. The summed E-state index contributed by atoms with van der Waals surface area (Å²) in [5, 5.41) is 8.30. The van der Waals surface area contributed by atoms with Gasteiger partial charge >= 0.3 is 5.97 Å². The van der Waals surface area contributed by atoms with Crippen LogP contribution in [0, 0.1) is 0 Å². The number of hydrogen-bond acceptors (Lipinski definition) is 1. The fourth-order valence-corrected chi connectivity index (χ4v) is 0.798. The summed E-state index contributed by atoms with van der Waals surface area (Å²) < 4.78 is -1.62. The molecule has 0 aromatic carbocycles. The molecule has 2 nitrogen and oxygen atoms in total. The molecule has 0 saturated heterocycles. The van der Waals surface area contributed by atoms with Crippen LogP contribution in [0.15, 0.2) is 11.6 Å². The van der Waals surface area contributed by atoms with Gasteiger partial charge in [0.25, 0.3) is 0 Å². The third-order valence-electron chi connectivity index (χ3n) is 0.718. The Kier molecular flexibility index (Phi) is 3.49. The first-order valence-corrected chi connectivity index (χ1v) is 3.46. The summed E-state index contributed by atoms with van der Waals surface area (Å²) in [5.74, 6) is -1.09. The SMILES string of the molecule is C/C(=C\C(Cl)(Cl)Cl)C(=O)O. The summed E-state index contributed by atoms with van der Waals surface area (Å²) >= 11 is 15.8. The third kappa shape index (κ3) is 4.91. The lowest BCUT2D eigenvalue weighted by Gasteiger charge is -2.03. The van der Waals surface area contributed by atoms with E-state index in [0.29, 0.717) is 0 Å². The van der Waals surface area contributed by atoms with Crippen LogP contribution in [0.2, 0.25) is 0 Å². The fraction of sp³-hybridized carbons (Fsp3) is 0.400. The van der Waals surface area contributed by atoms with Gasteiger partial charge in [0.15, 0.2) is 0 Å². The van der Waals surface area contributed by atoms with Gasteiger partial charge in [-0.05, 0) is 13.0 Å². The number of carboxylic acid groups (broad SMARTS) is 1. The van der Waals surface area contributed by atoms with Crippen molar-refractivity contribution < 1.29 is 9.90 Å². The lowest BCUT2D eigenvalue weighted by atomic mass is 10.3. The van der Waals surface area contributed by atoms with Gasteiger partial charge in [-0.25, -0.2) is 4.79 Å². The molecule has 1 N–H and O–H groups in total. The van der Waals surface area contributed by atoms with Crippen molar-refractivity contribution >= 4 is 40.8 Å². The van der Waals surface area contributed by atoms with Crippen LogP contribution in [0.5, 0.6) is 0 Å². The molecule has 10 heavy (non-hydrogen) atoms. The highest BCUT2D eigenvalue weighted by atomic mass is 35.6. The molecule has 58 valence electrons. The first-order chi connectivity index (χ1) is 4.33. The molecule has 0 heterocycles. The van der Waals surface area contributed by atoms with Gasteiger partial charge in [-0.15, -0.1) is 0 Å². The fourth-order valence-electron chi connectivity index (χ4n) is 0.307. The standard InChI is InChI=1S/C5H5Cl3O2/c1-3(4(9)10)2-5(6,7)8/h2H,1H3,(H,9,10)/b3-2+. The van der Waals surface area contributed by atoms with Crippen molar-refractivity contribution in [1.82, 2.24) is 0 Å². The van der Waals surface area contributed by atoms with E-state index in [1.54, 1.807) is 0 Å². The third-order valence-corrected chi connectivity index (χ3v) is 1.04. The summed E-state index contributed by atoms with van der Waals surface area (Å²) in [5.41, 5.74) is 0.0139. The van der Waals surface area contributed by atoms with Crippen molar-refractivity contribution in [2.75, 3.05) is 0 Å². The molecule has 0 spiro atoms. The molecular weight excluding hydrogens is 198 g/mol. The normalized spacial score (nSPS) is 13.4. The lowest BCUT2D eigenvalue weighted by Crippen LogP contribution is -2.03. The zero-order valence-electron chi connectivity index (χ0n) is 5.07. The van der Waals surface area contributed by atoms with Crippen LogP contribution in [-0.4, -0.2) is 14.9 Å². The van der Waals surface area contributed by atoms with E-state index in [2.05, 4.69) is 0 Å². The molecule has 0 aromatic heterocycles. The van der Waals surface area contributed by atoms with Crippen molar-refractivity contribution in [2.45, 2.75) is 10.7 Å². The van der Waals surface area contributed by atoms with Crippen molar-refractivity contribution in [2.24, 2.45) is 0 Å². The highest BCUT2D eigenvalue weighted by molar-refractivity contribution is 6.69. The van der Waals surface area contributed by atoms with Crippen LogP contribution >= 0.6 is 34.8 Å². The number of aliphatic carboxylic acids is 1. The van der Waals surface area contributed by atoms with Gasteiger partial charge in [0, 0.05) is 5.57 Å². The first-order valence-electron chi connectivity index (χ1n) is 2.32. The second-order valence-corrected chi connectivity index (χ2v) is 4.04. The molecule has 0 bridgehead atoms. The topological polar surface area (TPSA) is 37.3 Å². The number of hydrogen-bond donors (Lipinski definition) is 1. The lowest BCUT2D eigenvalue weighted by molar-refractivity contribution is -0.132. The molecule has 0 aromatic rings. The zero-order chi connectivity index (χ0) is 8.36. The first kappa shape index (κ1) is 10.1. The Hall–Kier alpha value is 0.0800. The number of alkyl halides is 3. The van der Waals surface area contributed by atoms with Crippen molar-refractivity contribution in [3.05, 3.63) is 11.6 Å². The van der Waals surface area contributed by atoms with E-state index in [1.165, 1.54) is 6.92 Å². The predicted molar refractivity (Wildman–Crippen MR) is 41.7 cm³/mol. The average Bonchev–Trinajstić information content (AvgIpc) is 1.60. The van der Waals surface area contributed by atoms with E-state index in [0.717, 1.165) is 6.08 Å². The largest absolute Gasteiger partial charge is 0.478 e. The van der Waals surface area contributed by atoms with Crippen LogP contribution < -0.4 is 0 Å². The van der Waals surface area contributed by atoms with Crippen LogP contribution in [0.4, 0.5) is 0 Å². The molecule has 0 rings (SSSR count). The summed E-state index contributed by atoms with van der Waals surface area (Å²) in [6.07, 6.45) is 1.04. The van der Waals surface area contributed by atoms with Gasteiger partial charge in [-0.1, -0.05) is 34.8 Å². The van der Waals surface area contributed by atoms with Crippen LogP contribution in [0.1, 0.15) is 6.92 Å². The molecule has 5 heteroatoms. The van der Waals surface area contributed by atoms with Crippen molar-refractivity contribution in [1.29, 1.82) is 0 Å². The van der Waals surface area contributed by atoms with E-state index in [4.69, 9.17) is 39.9 Å². The van der Waals surface area contributed by atoms with Crippen LogP contribution in [0.25, 0.3) is 0 Å². The van der Waals surface area contributed by atoms with Gasteiger partial charge in [-0.2, -0.15) is 0 Å². The summed E-state index contributed by atoms with van der Waals surface area (Å²) in [4.78, 5) is 10.1. The van der Waals surface area contributed by atoms with Gasteiger partial charge in [0.2, 0.25) is 3.79 Å². The molecule has 0 atom stereocenters.